The number of hydrogen-bond donors (Lipinski definition) is 2. The summed E-state index contributed by atoms with van der Waals surface area (Å²) in [5, 5.41) is 8.35. The Balaban J connectivity index is 1.42. The number of aromatic nitrogens is 2. The topological polar surface area (TPSA) is 84.0 Å². The Labute approximate surface area is 148 Å². The summed E-state index contributed by atoms with van der Waals surface area (Å²) >= 11 is 1.50. The van der Waals surface area contributed by atoms with Crippen LogP contribution in [0.2, 0.25) is 0 Å². The third kappa shape index (κ3) is 3.27. The van der Waals surface area contributed by atoms with Gasteiger partial charge in [0.05, 0.1) is 24.4 Å². The minimum atomic E-state index is -0.186. The summed E-state index contributed by atoms with van der Waals surface area (Å²) in [6.45, 7) is 0.344. The normalized spacial score (nSPS) is 12.6. The SMILES string of the molecule is O=C1Cc2cc(C(=O)NCc3csc(-c4ccccn4)n3)ccc2N1. The van der Waals surface area contributed by atoms with E-state index < -0.39 is 0 Å². The van der Waals surface area contributed by atoms with Crippen molar-refractivity contribution in [3.8, 4) is 10.7 Å². The molecule has 124 valence electrons. The molecule has 1 aromatic carbocycles. The fourth-order valence-corrected chi connectivity index (χ4v) is 3.43. The summed E-state index contributed by atoms with van der Waals surface area (Å²) in [4.78, 5) is 32.5. The number of thiazole rings is 1. The number of pyridine rings is 1. The van der Waals surface area contributed by atoms with Crippen LogP contribution < -0.4 is 10.6 Å². The van der Waals surface area contributed by atoms with Gasteiger partial charge in [-0.15, -0.1) is 11.3 Å². The highest BCUT2D eigenvalue weighted by molar-refractivity contribution is 7.13. The molecule has 7 heteroatoms. The van der Waals surface area contributed by atoms with Crippen LogP contribution in [0.15, 0.2) is 48.0 Å². The molecule has 4 rings (SSSR count). The second kappa shape index (κ2) is 6.45. The predicted molar refractivity (Wildman–Crippen MR) is 95.3 cm³/mol. The summed E-state index contributed by atoms with van der Waals surface area (Å²) in [6.07, 6.45) is 2.04. The summed E-state index contributed by atoms with van der Waals surface area (Å²) in [6, 6.07) is 10.9. The van der Waals surface area contributed by atoms with E-state index in [-0.39, 0.29) is 11.8 Å². The molecule has 1 aliphatic rings. The summed E-state index contributed by atoms with van der Waals surface area (Å²) < 4.78 is 0. The van der Waals surface area contributed by atoms with Crippen molar-refractivity contribution in [1.82, 2.24) is 15.3 Å². The average molecular weight is 350 g/mol. The second-order valence-corrected chi connectivity index (χ2v) is 6.50. The monoisotopic (exact) mass is 350 g/mol. The van der Waals surface area contributed by atoms with E-state index in [0.717, 1.165) is 27.6 Å². The van der Waals surface area contributed by atoms with Crippen molar-refractivity contribution in [1.29, 1.82) is 0 Å². The lowest BCUT2D eigenvalue weighted by Gasteiger charge is -2.05. The molecule has 2 amide bonds. The van der Waals surface area contributed by atoms with Crippen LogP contribution in [-0.4, -0.2) is 21.8 Å². The van der Waals surface area contributed by atoms with Crippen LogP contribution in [0.3, 0.4) is 0 Å². The summed E-state index contributed by atoms with van der Waals surface area (Å²) in [5.41, 5.74) is 3.78. The highest BCUT2D eigenvalue weighted by Gasteiger charge is 2.19. The molecule has 0 atom stereocenters. The fourth-order valence-electron chi connectivity index (χ4n) is 2.64. The average Bonchev–Trinajstić information content (AvgIpc) is 3.25. The first-order chi connectivity index (χ1) is 12.2. The quantitative estimate of drug-likeness (QED) is 0.758. The Morgan fingerprint density at radius 2 is 2.20 bits per heavy atom. The van der Waals surface area contributed by atoms with Crippen LogP contribution >= 0.6 is 11.3 Å². The third-order valence-corrected chi connectivity index (χ3v) is 4.77. The van der Waals surface area contributed by atoms with Crippen LogP contribution in [-0.2, 0) is 17.8 Å². The van der Waals surface area contributed by atoms with E-state index in [1.54, 1.807) is 24.4 Å². The number of anilines is 1. The van der Waals surface area contributed by atoms with E-state index in [9.17, 15) is 9.59 Å². The Kier molecular flexibility index (Phi) is 3.99. The lowest BCUT2D eigenvalue weighted by atomic mass is 10.1. The van der Waals surface area contributed by atoms with Crippen molar-refractivity contribution in [2.75, 3.05) is 5.32 Å². The van der Waals surface area contributed by atoms with Crippen LogP contribution in [0.5, 0.6) is 0 Å². The van der Waals surface area contributed by atoms with Gasteiger partial charge < -0.3 is 10.6 Å². The zero-order valence-electron chi connectivity index (χ0n) is 13.2. The molecule has 2 N–H and O–H groups in total. The van der Waals surface area contributed by atoms with E-state index in [1.165, 1.54) is 11.3 Å². The Morgan fingerprint density at radius 3 is 3.04 bits per heavy atom. The van der Waals surface area contributed by atoms with Gasteiger partial charge in [-0.25, -0.2) is 4.98 Å². The highest BCUT2D eigenvalue weighted by atomic mass is 32.1. The van der Waals surface area contributed by atoms with Gasteiger partial charge in [-0.05, 0) is 35.9 Å². The van der Waals surface area contributed by atoms with E-state index in [1.807, 2.05) is 23.6 Å². The van der Waals surface area contributed by atoms with E-state index in [4.69, 9.17) is 0 Å². The van der Waals surface area contributed by atoms with Gasteiger partial charge in [0.15, 0.2) is 0 Å². The van der Waals surface area contributed by atoms with Gasteiger partial charge in [-0.3, -0.25) is 14.6 Å². The van der Waals surface area contributed by atoms with Crippen LogP contribution in [0, 0.1) is 0 Å². The van der Waals surface area contributed by atoms with E-state index in [0.29, 0.717) is 18.5 Å². The molecule has 2 aromatic heterocycles. The highest BCUT2D eigenvalue weighted by Crippen LogP contribution is 2.24. The van der Waals surface area contributed by atoms with Crippen LogP contribution in [0.4, 0.5) is 5.69 Å². The minimum absolute atomic E-state index is 0.0444. The van der Waals surface area contributed by atoms with Crippen molar-refractivity contribution in [2.24, 2.45) is 0 Å². The first-order valence-electron chi connectivity index (χ1n) is 7.76. The standard InChI is InChI=1S/C18H14N4O2S/c23-16-8-12-7-11(4-5-14(12)22-16)17(24)20-9-13-10-25-18(21-13)15-3-1-2-6-19-15/h1-7,10H,8-9H2,(H,20,24)(H,22,23). The van der Waals surface area contributed by atoms with Crippen molar-refractivity contribution in [3.05, 3.63) is 64.8 Å². The number of fused-ring (bicyclic) bond motifs is 1. The van der Waals surface area contributed by atoms with Gasteiger partial charge in [0, 0.05) is 22.8 Å². The summed E-state index contributed by atoms with van der Waals surface area (Å²) in [5.74, 6) is -0.230. The lowest BCUT2D eigenvalue weighted by Crippen LogP contribution is -2.23. The number of amides is 2. The smallest absolute Gasteiger partial charge is 0.251 e. The van der Waals surface area contributed by atoms with Gasteiger partial charge >= 0.3 is 0 Å². The Morgan fingerprint density at radius 1 is 1.28 bits per heavy atom. The predicted octanol–water partition coefficient (Wildman–Crippen LogP) is 2.63. The largest absolute Gasteiger partial charge is 0.346 e. The van der Waals surface area contributed by atoms with Crippen LogP contribution in [0.25, 0.3) is 10.7 Å². The Hall–Kier alpha value is -3.06. The van der Waals surface area contributed by atoms with Gasteiger partial charge in [0.2, 0.25) is 5.91 Å². The molecule has 25 heavy (non-hydrogen) atoms. The minimum Gasteiger partial charge on any atom is -0.346 e. The molecule has 0 unspecified atom stereocenters. The second-order valence-electron chi connectivity index (χ2n) is 5.64. The van der Waals surface area contributed by atoms with Crippen molar-refractivity contribution in [2.45, 2.75) is 13.0 Å². The van der Waals surface area contributed by atoms with Crippen molar-refractivity contribution >= 4 is 28.8 Å². The maximum Gasteiger partial charge on any atom is 0.251 e. The van der Waals surface area contributed by atoms with Gasteiger partial charge in [-0.1, -0.05) is 6.07 Å². The molecule has 0 fully saturated rings. The molecule has 0 saturated carbocycles. The molecule has 0 aliphatic carbocycles. The molecule has 0 radical (unpaired) electrons. The van der Waals surface area contributed by atoms with Gasteiger partial charge in [-0.2, -0.15) is 0 Å². The zero-order chi connectivity index (χ0) is 17.2. The lowest BCUT2D eigenvalue weighted by molar-refractivity contribution is -0.115. The first kappa shape index (κ1) is 15.5. The van der Waals surface area contributed by atoms with Gasteiger partial charge in [0.25, 0.3) is 5.91 Å². The molecular weight excluding hydrogens is 336 g/mol. The number of nitrogens with zero attached hydrogens (tertiary/aromatic N) is 2. The maximum atomic E-state index is 12.3. The summed E-state index contributed by atoms with van der Waals surface area (Å²) in [7, 11) is 0. The molecule has 6 nitrogen and oxygen atoms in total. The van der Waals surface area contributed by atoms with Gasteiger partial charge in [0.1, 0.15) is 5.01 Å². The number of benzene rings is 1. The molecule has 3 aromatic rings. The van der Waals surface area contributed by atoms with Crippen LogP contribution in [0.1, 0.15) is 21.6 Å². The number of hydrogen-bond acceptors (Lipinski definition) is 5. The van der Waals surface area contributed by atoms with Crippen molar-refractivity contribution < 1.29 is 9.59 Å². The first-order valence-corrected chi connectivity index (χ1v) is 8.64. The third-order valence-electron chi connectivity index (χ3n) is 3.86. The molecule has 0 spiro atoms. The number of rotatable bonds is 4. The molecule has 0 saturated heterocycles. The molecule has 3 heterocycles. The molecular formula is C18H14N4O2S. The van der Waals surface area contributed by atoms with E-state index >= 15 is 0 Å². The molecule has 0 bridgehead atoms. The fraction of sp³-hybridized carbons (Fsp3) is 0.111. The Bertz CT molecular complexity index is 953. The number of carbonyl (C=O) groups excluding carboxylic acids is 2. The van der Waals surface area contributed by atoms with Crippen molar-refractivity contribution in [3.63, 3.8) is 0 Å². The maximum absolute atomic E-state index is 12.3. The molecule has 1 aliphatic heterocycles. The van der Waals surface area contributed by atoms with E-state index in [2.05, 4.69) is 20.6 Å². The number of carbonyl (C=O) groups is 2. The number of nitrogens with one attached hydrogen (secondary N) is 2. The zero-order valence-corrected chi connectivity index (χ0v) is 14.0.